The Labute approximate surface area is 143 Å². The third kappa shape index (κ3) is 4.78. The van der Waals surface area contributed by atoms with E-state index in [2.05, 4.69) is 10.4 Å². The van der Waals surface area contributed by atoms with Crippen molar-refractivity contribution in [1.82, 2.24) is 19.4 Å². The van der Waals surface area contributed by atoms with Gasteiger partial charge in [0.1, 0.15) is 0 Å². The van der Waals surface area contributed by atoms with Crippen LogP contribution in [0, 0.1) is 13.8 Å². The van der Waals surface area contributed by atoms with Crippen LogP contribution in [0.25, 0.3) is 0 Å². The predicted octanol–water partition coefficient (Wildman–Crippen LogP) is -0.254. The van der Waals surface area contributed by atoms with Gasteiger partial charge in [0, 0.05) is 38.8 Å². The van der Waals surface area contributed by atoms with Gasteiger partial charge in [-0.25, -0.2) is 8.42 Å². The summed E-state index contributed by atoms with van der Waals surface area (Å²) >= 11 is 0. The summed E-state index contributed by atoms with van der Waals surface area (Å²) in [6.07, 6.45) is 1.89. The van der Waals surface area contributed by atoms with Crippen LogP contribution in [0.2, 0.25) is 0 Å². The van der Waals surface area contributed by atoms with Crippen LogP contribution in [0.3, 0.4) is 0 Å². The zero-order valence-corrected chi connectivity index (χ0v) is 15.5. The fourth-order valence-electron chi connectivity index (χ4n) is 2.85. The standard InChI is InChI=1S/C15H26N4O4S/c1-11-14(12(2)18(3)17-11)5-6-15(20)16-9-13-10-19(7-8-23-13)24(4,21)22/h13H,5-10H2,1-4H3,(H,16,20)/t13-/m0/s1. The number of amides is 1. The van der Waals surface area contributed by atoms with Crippen molar-refractivity contribution in [3.63, 3.8) is 0 Å². The van der Waals surface area contributed by atoms with Gasteiger partial charge in [0.05, 0.1) is 24.7 Å². The van der Waals surface area contributed by atoms with Crippen molar-refractivity contribution in [1.29, 1.82) is 0 Å². The highest BCUT2D eigenvalue weighted by atomic mass is 32.2. The number of carbonyl (C=O) groups is 1. The zero-order valence-electron chi connectivity index (χ0n) is 14.7. The van der Waals surface area contributed by atoms with Gasteiger partial charge in [-0.15, -0.1) is 0 Å². The maximum absolute atomic E-state index is 12.0. The lowest BCUT2D eigenvalue weighted by atomic mass is 10.1. The minimum Gasteiger partial charge on any atom is -0.374 e. The molecule has 1 fully saturated rings. The minimum atomic E-state index is -3.22. The summed E-state index contributed by atoms with van der Waals surface area (Å²) in [7, 11) is -1.33. The topological polar surface area (TPSA) is 93.5 Å². The summed E-state index contributed by atoms with van der Waals surface area (Å²) in [6, 6.07) is 0. The van der Waals surface area contributed by atoms with E-state index in [1.807, 2.05) is 25.6 Å². The maximum Gasteiger partial charge on any atom is 0.220 e. The van der Waals surface area contributed by atoms with E-state index in [4.69, 9.17) is 4.74 Å². The molecule has 9 heteroatoms. The minimum absolute atomic E-state index is 0.0715. The highest BCUT2D eigenvalue weighted by Gasteiger charge is 2.26. The quantitative estimate of drug-likeness (QED) is 0.757. The molecular weight excluding hydrogens is 332 g/mol. The third-order valence-corrected chi connectivity index (χ3v) is 5.63. The molecule has 1 saturated heterocycles. The number of aryl methyl sites for hydroxylation is 2. The molecule has 1 aliphatic rings. The molecule has 136 valence electrons. The number of nitrogens with one attached hydrogen (secondary N) is 1. The van der Waals surface area contributed by atoms with Crippen LogP contribution in [0.1, 0.15) is 23.4 Å². The Morgan fingerprint density at radius 1 is 1.42 bits per heavy atom. The van der Waals surface area contributed by atoms with Crippen molar-refractivity contribution in [3.8, 4) is 0 Å². The Balaban J connectivity index is 1.79. The number of hydrogen-bond donors (Lipinski definition) is 1. The summed E-state index contributed by atoms with van der Waals surface area (Å²) in [5.41, 5.74) is 3.12. The summed E-state index contributed by atoms with van der Waals surface area (Å²) in [4.78, 5) is 12.0. The lowest BCUT2D eigenvalue weighted by Crippen LogP contribution is -2.49. The van der Waals surface area contributed by atoms with Gasteiger partial charge < -0.3 is 10.1 Å². The van der Waals surface area contributed by atoms with Crippen LogP contribution in [0.15, 0.2) is 0 Å². The molecule has 2 heterocycles. The van der Waals surface area contributed by atoms with Crippen LogP contribution in [0.4, 0.5) is 0 Å². The lowest BCUT2D eigenvalue weighted by Gasteiger charge is -2.31. The Bertz CT molecular complexity index is 699. The molecule has 1 N–H and O–H groups in total. The molecule has 1 aromatic heterocycles. The summed E-state index contributed by atoms with van der Waals surface area (Å²) in [6.45, 7) is 5.24. The predicted molar refractivity (Wildman–Crippen MR) is 90.2 cm³/mol. The first-order valence-electron chi connectivity index (χ1n) is 8.01. The molecule has 1 aliphatic heterocycles. The number of carbonyl (C=O) groups excluding carboxylic acids is 1. The number of hydrogen-bond acceptors (Lipinski definition) is 5. The second-order valence-electron chi connectivity index (χ2n) is 6.19. The van der Waals surface area contributed by atoms with Crippen LogP contribution in [-0.2, 0) is 33.0 Å². The van der Waals surface area contributed by atoms with E-state index >= 15 is 0 Å². The molecule has 0 spiro atoms. The van der Waals surface area contributed by atoms with E-state index in [0.29, 0.717) is 32.5 Å². The van der Waals surface area contributed by atoms with Crippen molar-refractivity contribution >= 4 is 15.9 Å². The molecule has 2 rings (SSSR count). The van der Waals surface area contributed by atoms with Crippen molar-refractivity contribution in [2.75, 3.05) is 32.5 Å². The van der Waals surface area contributed by atoms with Crippen LogP contribution < -0.4 is 5.32 Å². The Hall–Kier alpha value is -1.45. The van der Waals surface area contributed by atoms with E-state index in [9.17, 15) is 13.2 Å². The van der Waals surface area contributed by atoms with Gasteiger partial charge in [-0.3, -0.25) is 9.48 Å². The van der Waals surface area contributed by atoms with Gasteiger partial charge in [-0.05, 0) is 25.8 Å². The fourth-order valence-corrected chi connectivity index (χ4v) is 3.69. The van der Waals surface area contributed by atoms with Crippen molar-refractivity contribution in [2.45, 2.75) is 32.8 Å². The average molecular weight is 358 g/mol. The Morgan fingerprint density at radius 2 is 2.12 bits per heavy atom. The molecular formula is C15H26N4O4S. The van der Waals surface area contributed by atoms with Gasteiger partial charge in [0.15, 0.2) is 0 Å². The SMILES string of the molecule is Cc1nn(C)c(C)c1CCC(=O)NC[C@H]1CN(S(C)(=O)=O)CCO1. The van der Waals surface area contributed by atoms with Gasteiger partial charge in [0.25, 0.3) is 0 Å². The van der Waals surface area contributed by atoms with E-state index in [-0.39, 0.29) is 18.6 Å². The van der Waals surface area contributed by atoms with Crippen LogP contribution >= 0.6 is 0 Å². The lowest BCUT2D eigenvalue weighted by molar-refractivity contribution is -0.122. The molecule has 0 radical (unpaired) electrons. The smallest absolute Gasteiger partial charge is 0.220 e. The van der Waals surface area contributed by atoms with E-state index in [1.54, 1.807) is 0 Å². The molecule has 0 saturated carbocycles. The Morgan fingerprint density at radius 3 is 2.71 bits per heavy atom. The van der Waals surface area contributed by atoms with E-state index in [0.717, 1.165) is 17.0 Å². The van der Waals surface area contributed by atoms with E-state index in [1.165, 1.54) is 10.6 Å². The van der Waals surface area contributed by atoms with E-state index < -0.39 is 10.0 Å². The molecule has 1 atom stereocenters. The van der Waals surface area contributed by atoms with Crippen molar-refractivity contribution in [3.05, 3.63) is 17.0 Å². The third-order valence-electron chi connectivity index (χ3n) is 4.36. The number of nitrogens with zero attached hydrogens (tertiary/aromatic N) is 3. The second kappa shape index (κ2) is 7.62. The fraction of sp³-hybridized carbons (Fsp3) is 0.733. The van der Waals surface area contributed by atoms with Crippen LogP contribution in [-0.4, -0.2) is 67.0 Å². The monoisotopic (exact) mass is 358 g/mol. The number of morpholine rings is 1. The highest BCUT2D eigenvalue weighted by Crippen LogP contribution is 2.14. The van der Waals surface area contributed by atoms with Crippen molar-refractivity contribution < 1.29 is 17.9 Å². The van der Waals surface area contributed by atoms with Gasteiger partial charge in [0.2, 0.25) is 15.9 Å². The normalized spacial score (nSPS) is 19.4. The van der Waals surface area contributed by atoms with Gasteiger partial charge in [-0.1, -0.05) is 0 Å². The number of rotatable bonds is 6. The summed E-state index contributed by atoms with van der Waals surface area (Å²) in [5.74, 6) is -0.0715. The summed E-state index contributed by atoms with van der Waals surface area (Å²) in [5, 5.41) is 7.17. The largest absolute Gasteiger partial charge is 0.374 e. The number of ether oxygens (including phenoxy) is 1. The number of sulfonamides is 1. The summed E-state index contributed by atoms with van der Waals surface area (Å²) < 4.78 is 31.9. The average Bonchev–Trinajstić information content (AvgIpc) is 2.75. The second-order valence-corrected chi connectivity index (χ2v) is 8.17. The molecule has 0 unspecified atom stereocenters. The molecule has 0 aromatic carbocycles. The molecule has 0 aliphatic carbocycles. The Kier molecular flexibility index (Phi) is 6.00. The van der Waals surface area contributed by atoms with Gasteiger partial charge in [-0.2, -0.15) is 9.40 Å². The first kappa shape index (κ1) is 18.9. The zero-order chi connectivity index (χ0) is 17.9. The first-order chi connectivity index (χ1) is 11.2. The van der Waals surface area contributed by atoms with Crippen LogP contribution in [0.5, 0.6) is 0 Å². The molecule has 1 amide bonds. The molecule has 8 nitrogen and oxygen atoms in total. The van der Waals surface area contributed by atoms with Crippen molar-refractivity contribution in [2.24, 2.45) is 7.05 Å². The first-order valence-corrected chi connectivity index (χ1v) is 9.86. The molecule has 1 aromatic rings. The highest BCUT2D eigenvalue weighted by molar-refractivity contribution is 7.88. The molecule has 24 heavy (non-hydrogen) atoms. The maximum atomic E-state index is 12.0. The number of aromatic nitrogens is 2. The van der Waals surface area contributed by atoms with Gasteiger partial charge >= 0.3 is 0 Å². The molecule has 0 bridgehead atoms.